The number of sulfonamides is 1. The summed E-state index contributed by atoms with van der Waals surface area (Å²) < 4.78 is 42.9. The van der Waals surface area contributed by atoms with Crippen molar-refractivity contribution in [1.29, 1.82) is 0 Å². The smallest absolute Gasteiger partial charge is 0.322 e. The van der Waals surface area contributed by atoms with E-state index >= 15 is 0 Å². The molecular formula is C18H19FN4O4S. The number of carbonyl (C=O) groups is 1. The summed E-state index contributed by atoms with van der Waals surface area (Å²) in [6.07, 6.45) is 0. The molecule has 28 heavy (non-hydrogen) atoms. The van der Waals surface area contributed by atoms with Crippen molar-refractivity contribution in [2.24, 2.45) is 14.1 Å². The molecular weight excluding hydrogens is 387 g/mol. The van der Waals surface area contributed by atoms with Crippen LogP contribution in [0.3, 0.4) is 0 Å². The van der Waals surface area contributed by atoms with E-state index in [4.69, 9.17) is 0 Å². The molecule has 2 aromatic carbocycles. The van der Waals surface area contributed by atoms with Crippen LogP contribution >= 0.6 is 0 Å². The Kier molecular flexibility index (Phi) is 5.09. The van der Waals surface area contributed by atoms with E-state index in [9.17, 15) is 22.4 Å². The lowest BCUT2D eigenvalue weighted by atomic mass is 10.3. The quantitative estimate of drug-likeness (QED) is 0.691. The van der Waals surface area contributed by atoms with Crippen LogP contribution in [0.4, 0.5) is 10.1 Å². The Hall–Kier alpha value is -2.98. The number of carbonyl (C=O) groups excluding carboxylic acids is 1. The van der Waals surface area contributed by atoms with E-state index in [1.807, 2.05) is 0 Å². The lowest BCUT2D eigenvalue weighted by molar-refractivity contribution is -0.116. The molecule has 3 aromatic rings. The number of hydrogen-bond acceptors (Lipinski definition) is 4. The fourth-order valence-electron chi connectivity index (χ4n) is 2.87. The number of benzene rings is 2. The number of nitrogens with one attached hydrogen (secondary N) is 1. The Labute approximate surface area is 160 Å². The predicted octanol–water partition coefficient (Wildman–Crippen LogP) is 1.28. The summed E-state index contributed by atoms with van der Waals surface area (Å²) in [7, 11) is 0.404. The second kappa shape index (κ2) is 7.21. The zero-order valence-corrected chi connectivity index (χ0v) is 16.3. The van der Waals surface area contributed by atoms with Gasteiger partial charge in [-0.25, -0.2) is 17.6 Å². The van der Waals surface area contributed by atoms with E-state index in [0.717, 1.165) is 4.31 Å². The molecule has 0 spiro atoms. The highest BCUT2D eigenvalue weighted by Gasteiger charge is 2.24. The number of likely N-dealkylation sites (N-methyl/N-ethyl adjacent to an activating group) is 1. The molecule has 0 atom stereocenters. The van der Waals surface area contributed by atoms with Crippen LogP contribution in [0.2, 0.25) is 0 Å². The maximum Gasteiger partial charge on any atom is 0.328 e. The van der Waals surface area contributed by atoms with E-state index < -0.39 is 28.3 Å². The van der Waals surface area contributed by atoms with E-state index in [2.05, 4.69) is 5.32 Å². The lowest BCUT2D eigenvalue weighted by Gasteiger charge is -2.17. The van der Waals surface area contributed by atoms with Gasteiger partial charge < -0.3 is 5.32 Å². The third-order valence-corrected chi connectivity index (χ3v) is 6.27. The number of hydrogen-bond donors (Lipinski definition) is 1. The monoisotopic (exact) mass is 406 g/mol. The number of anilines is 1. The number of rotatable bonds is 5. The molecule has 0 bridgehead atoms. The molecule has 1 N–H and O–H groups in total. The number of fused-ring (bicyclic) bond motifs is 1. The van der Waals surface area contributed by atoms with Gasteiger partial charge in [-0.2, -0.15) is 4.31 Å². The van der Waals surface area contributed by atoms with Crippen LogP contribution < -0.4 is 11.0 Å². The van der Waals surface area contributed by atoms with Gasteiger partial charge in [0.1, 0.15) is 5.82 Å². The first-order chi connectivity index (χ1) is 13.1. The Morgan fingerprint density at radius 1 is 1.11 bits per heavy atom. The molecule has 0 aliphatic rings. The standard InChI is InChI=1S/C18H19FN4O4S/c1-21(11-17(24)20-14-7-5-4-6-13(14)19)28(26,27)12-8-9-15-16(10-12)23(3)18(25)22(15)2/h4-10H,11H2,1-3H3,(H,20,24). The number of halogens is 1. The molecule has 1 aromatic heterocycles. The fraction of sp³-hybridized carbons (Fsp3) is 0.222. The number of aryl methyl sites for hydroxylation is 2. The Balaban J connectivity index is 1.85. The van der Waals surface area contributed by atoms with Crippen molar-refractivity contribution in [3.05, 3.63) is 58.8 Å². The third kappa shape index (κ3) is 3.43. The van der Waals surface area contributed by atoms with Gasteiger partial charge >= 0.3 is 5.69 Å². The van der Waals surface area contributed by atoms with Gasteiger partial charge in [-0.05, 0) is 30.3 Å². The van der Waals surface area contributed by atoms with Gasteiger partial charge in [-0.3, -0.25) is 13.9 Å². The minimum atomic E-state index is -3.99. The minimum Gasteiger partial charge on any atom is -0.322 e. The molecule has 10 heteroatoms. The molecule has 148 valence electrons. The van der Waals surface area contributed by atoms with Crippen LogP contribution in [0, 0.1) is 5.82 Å². The van der Waals surface area contributed by atoms with Crippen molar-refractivity contribution in [3.8, 4) is 0 Å². The minimum absolute atomic E-state index is 0.0287. The van der Waals surface area contributed by atoms with Gasteiger partial charge in [0.25, 0.3) is 0 Å². The van der Waals surface area contributed by atoms with Gasteiger partial charge in [0.05, 0.1) is 28.2 Å². The summed E-state index contributed by atoms with van der Waals surface area (Å²) in [6, 6.07) is 9.91. The van der Waals surface area contributed by atoms with Gasteiger partial charge in [0.2, 0.25) is 15.9 Å². The van der Waals surface area contributed by atoms with Crippen molar-refractivity contribution < 1.29 is 17.6 Å². The van der Waals surface area contributed by atoms with Crippen molar-refractivity contribution in [2.75, 3.05) is 18.9 Å². The molecule has 0 saturated heterocycles. The largest absolute Gasteiger partial charge is 0.328 e. The summed E-state index contributed by atoms with van der Waals surface area (Å²) >= 11 is 0. The fourth-order valence-corrected chi connectivity index (χ4v) is 4.01. The summed E-state index contributed by atoms with van der Waals surface area (Å²) in [6.45, 7) is -0.498. The molecule has 0 aliphatic carbocycles. The Morgan fingerprint density at radius 3 is 2.43 bits per heavy atom. The molecule has 0 aliphatic heterocycles. The van der Waals surface area contributed by atoms with Gasteiger partial charge in [-0.15, -0.1) is 0 Å². The molecule has 0 radical (unpaired) electrons. The maximum absolute atomic E-state index is 13.6. The molecule has 0 unspecified atom stereocenters. The average molecular weight is 406 g/mol. The van der Waals surface area contributed by atoms with E-state index in [-0.39, 0.29) is 16.3 Å². The highest BCUT2D eigenvalue weighted by Crippen LogP contribution is 2.20. The average Bonchev–Trinajstić information content (AvgIpc) is 2.87. The zero-order chi connectivity index (χ0) is 20.6. The van der Waals surface area contributed by atoms with Crippen molar-refractivity contribution in [2.45, 2.75) is 4.90 Å². The van der Waals surface area contributed by atoms with Crippen LogP contribution in [-0.2, 0) is 28.9 Å². The molecule has 1 amide bonds. The van der Waals surface area contributed by atoms with Crippen LogP contribution in [0.25, 0.3) is 11.0 Å². The number of imidazole rings is 1. The summed E-state index contributed by atoms with van der Waals surface area (Å²) in [5.41, 5.74) is 0.741. The second-order valence-corrected chi connectivity index (χ2v) is 8.39. The Bertz CT molecular complexity index is 1230. The molecule has 1 heterocycles. The number of nitrogens with zero attached hydrogens (tertiary/aromatic N) is 3. The van der Waals surface area contributed by atoms with Crippen LogP contribution in [0.1, 0.15) is 0 Å². The Morgan fingerprint density at radius 2 is 1.75 bits per heavy atom. The summed E-state index contributed by atoms with van der Waals surface area (Å²) in [5, 5.41) is 2.35. The zero-order valence-electron chi connectivity index (χ0n) is 15.5. The van der Waals surface area contributed by atoms with Gasteiger partial charge in [-0.1, -0.05) is 12.1 Å². The highest BCUT2D eigenvalue weighted by atomic mass is 32.2. The van der Waals surface area contributed by atoms with Crippen molar-refractivity contribution in [1.82, 2.24) is 13.4 Å². The molecule has 0 saturated carbocycles. The first-order valence-electron chi connectivity index (χ1n) is 8.29. The molecule has 3 rings (SSSR count). The van der Waals surface area contributed by atoms with Gasteiger partial charge in [0, 0.05) is 21.1 Å². The van der Waals surface area contributed by atoms with Crippen molar-refractivity contribution in [3.63, 3.8) is 0 Å². The first-order valence-corrected chi connectivity index (χ1v) is 9.73. The van der Waals surface area contributed by atoms with E-state index in [0.29, 0.717) is 11.0 Å². The first kappa shape index (κ1) is 19.8. The third-order valence-electron chi connectivity index (χ3n) is 4.47. The van der Waals surface area contributed by atoms with Crippen molar-refractivity contribution >= 4 is 32.7 Å². The topological polar surface area (TPSA) is 93.4 Å². The lowest BCUT2D eigenvalue weighted by Crippen LogP contribution is -2.35. The second-order valence-electron chi connectivity index (χ2n) is 6.34. The molecule has 8 nitrogen and oxygen atoms in total. The predicted molar refractivity (Wildman–Crippen MR) is 103 cm³/mol. The number of amides is 1. The molecule has 0 fully saturated rings. The number of para-hydroxylation sites is 1. The van der Waals surface area contributed by atoms with E-state index in [1.165, 1.54) is 52.6 Å². The highest BCUT2D eigenvalue weighted by molar-refractivity contribution is 7.89. The maximum atomic E-state index is 13.6. The van der Waals surface area contributed by atoms with Gasteiger partial charge in [0.15, 0.2) is 0 Å². The summed E-state index contributed by atoms with van der Waals surface area (Å²) in [4.78, 5) is 24.1. The number of aromatic nitrogens is 2. The van der Waals surface area contributed by atoms with Crippen LogP contribution in [-0.4, -0.2) is 41.4 Å². The summed E-state index contributed by atoms with van der Waals surface area (Å²) in [5.74, 6) is -1.29. The van der Waals surface area contributed by atoms with Crippen LogP contribution in [0.15, 0.2) is 52.2 Å². The normalized spacial score (nSPS) is 11.9. The SMILES string of the molecule is CN(CC(=O)Nc1ccccc1F)S(=O)(=O)c1ccc2c(c1)n(C)c(=O)n2C. The van der Waals surface area contributed by atoms with Crippen LogP contribution in [0.5, 0.6) is 0 Å². The van der Waals surface area contributed by atoms with E-state index in [1.54, 1.807) is 20.2 Å².